The highest BCUT2D eigenvalue weighted by Gasteiger charge is 2.45. The van der Waals surface area contributed by atoms with E-state index in [1.165, 1.54) is 17.2 Å². The second kappa shape index (κ2) is 31.5. The van der Waals surface area contributed by atoms with Crippen LogP contribution in [0.25, 0.3) is 0 Å². The molecule has 3 unspecified atom stereocenters. The molecule has 17 heteroatoms. The van der Waals surface area contributed by atoms with Crippen LogP contribution in [0, 0.1) is 16.2 Å². The molecule has 13 rings (SSSR count). The Bertz CT molecular complexity index is 4060. The highest BCUT2D eigenvalue weighted by Crippen LogP contribution is 2.40. The Balaban J connectivity index is 0.000000148. The van der Waals surface area contributed by atoms with E-state index in [4.69, 9.17) is 14.2 Å². The summed E-state index contributed by atoms with van der Waals surface area (Å²) < 4.78 is 58.6. The molecule has 2 aromatic heterocycles. The topological polar surface area (TPSA) is 133 Å². The molecule has 3 amide bonds. The van der Waals surface area contributed by atoms with Gasteiger partial charge in [-0.3, -0.25) is 39.1 Å². The van der Waals surface area contributed by atoms with Crippen molar-refractivity contribution in [2.75, 3.05) is 52.9 Å². The van der Waals surface area contributed by atoms with Gasteiger partial charge in [0.2, 0.25) is 17.7 Å². The third-order valence-corrected chi connectivity index (χ3v) is 18.6. The van der Waals surface area contributed by atoms with Gasteiger partial charge < -0.3 is 29.3 Å². The number of nitrogens with one attached hydrogen (secondary N) is 1. The summed E-state index contributed by atoms with van der Waals surface area (Å²) in [6.07, 6.45) is 1.91. The molecule has 6 heterocycles. The molecule has 97 heavy (non-hydrogen) atoms. The Kier molecular flexibility index (Phi) is 22.3. The molecule has 3 saturated heterocycles. The largest absolute Gasteiger partial charge is 0.457 e. The number of carbonyl (C=O) groups excluding carboxylic acids is 3. The highest BCUT2D eigenvalue weighted by atomic mass is 19.4. The molecular weight excluding hydrogens is 1230 g/mol. The van der Waals surface area contributed by atoms with Crippen molar-refractivity contribution in [2.24, 2.45) is 16.2 Å². The van der Waals surface area contributed by atoms with Crippen molar-refractivity contribution in [1.82, 2.24) is 39.8 Å². The molecule has 0 spiro atoms. The number of carbonyl (C=O) groups is 3. The first kappa shape index (κ1) is 68.7. The summed E-state index contributed by atoms with van der Waals surface area (Å²) in [5, 5.41) is 3.05. The maximum atomic E-state index is 13.6. The first-order chi connectivity index (χ1) is 46.8. The van der Waals surface area contributed by atoms with Gasteiger partial charge in [-0.2, -0.15) is 13.2 Å². The van der Waals surface area contributed by atoms with Gasteiger partial charge in [0.05, 0.1) is 46.3 Å². The second-order valence-corrected chi connectivity index (χ2v) is 26.7. The first-order valence-corrected chi connectivity index (χ1v) is 33.3. The van der Waals surface area contributed by atoms with Gasteiger partial charge in [-0.15, -0.1) is 0 Å². The standard InChI is InChI=1S/C29H29F3N2O2.C26H29N3O2.C25H27N3O2/c1-28(27(35)34-15-13-22-8-6-12-26(25(22)19-34)29(30,31)32)14-16-33(20-28)18-21-7-5-11-24(17-21)36-23-9-3-2-4-10-23;1-26(25(30)28(2)19-22-10-6-7-15-27-22)14-16-29(20-26)18-21-9-8-13-24(17-21)31-23-11-4-3-5-12-23;1-25(24(29)27-17-21-9-5-6-14-26-21)13-15-28(19-25)18-20-8-7-12-23(16-20)30-22-10-3-2-4-11-22/h2-12,17H,13-16,18-20H2,1H3;3-13,15,17H,14,16,18-20H2,1-2H3;2-12,14,16H,13,15,17-19H2,1H3,(H,27,29). The number of amides is 3. The molecule has 0 saturated carbocycles. The number of alkyl halides is 3. The van der Waals surface area contributed by atoms with Gasteiger partial charge in [-0.05, 0) is 197 Å². The fraction of sp³-hybridized carbons (Fsp3) is 0.312. The molecule has 9 aromatic rings. The number of hydrogen-bond acceptors (Lipinski definition) is 11. The second-order valence-electron chi connectivity index (χ2n) is 26.7. The summed E-state index contributed by atoms with van der Waals surface area (Å²) in [4.78, 5) is 58.5. The summed E-state index contributed by atoms with van der Waals surface area (Å²) in [5.74, 6) is 5.05. The van der Waals surface area contributed by atoms with Crippen molar-refractivity contribution in [3.8, 4) is 34.5 Å². The third kappa shape index (κ3) is 18.7. The zero-order valence-corrected chi connectivity index (χ0v) is 55.7. The third-order valence-electron chi connectivity index (χ3n) is 18.6. The normalized spacial score (nSPS) is 19.3. The maximum absolute atomic E-state index is 13.6. The van der Waals surface area contributed by atoms with Gasteiger partial charge in [0.1, 0.15) is 34.5 Å². The number of likely N-dealkylation sites (tertiary alicyclic amines) is 3. The Labute approximate surface area is 567 Å². The number of ether oxygens (including phenoxy) is 3. The molecule has 0 bridgehead atoms. The minimum Gasteiger partial charge on any atom is -0.457 e. The average Bonchev–Trinajstić information content (AvgIpc) is 1.77. The number of fused-ring (bicyclic) bond motifs is 1. The summed E-state index contributed by atoms with van der Waals surface area (Å²) in [6, 6.07) is 69.3. The quantitative estimate of drug-likeness (QED) is 0.0829. The number of halogens is 3. The Morgan fingerprint density at radius 2 is 0.918 bits per heavy atom. The van der Waals surface area contributed by atoms with Gasteiger partial charge in [0.25, 0.3) is 0 Å². The van der Waals surface area contributed by atoms with Crippen LogP contribution in [0.4, 0.5) is 13.2 Å². The van der Waals surface area contributed by atoms with Crippen LogP contribution in [0.1, 0.15) is 84.8 Å². The van der Waals surface area contributed by atoms with Crippen molar-refractivity contribution in [1.29, 1.82) is 0 Å². The molecule has 502 valence electrons. The van der Waals surface area contributed by atoms with Crippen molar-refractivity contribution in [3.05, 3.63) is 276 Å². The molecular formula is C80H85F3N8O6. The highest BCUT2D eigenvalue weighted by molar-refractivity contribution is 5.84. The molecule has 3 fully saturated rings. The van der Waals surface area contributed by atoms with E-state index in [1.54, 1.807) is 28.3 Å². The summed E-state index contributed by atoms with van der Waals surface area (Å²) in [7, 11) is 1.87. The number of hydrogen-bond donors (Lipinski definition) is 1. The lowest BCUT2D eigenvalue weighted by Crippen LogP contribution is -2.46. The minimum absolute atomic E-state index is 0.0122. The Morgan fingerprint density at radius 1 is 0.495 bits per heavy atom. The lowest BCUT2D eigenvalue weighted by Gasteiger charge is -2.36. The monoisotopic (exact) mass is 1310 g/mol. The van der Waals surface area contributed by atoms with Crippen LogP contribution >= 0.6 is 0 Å². The SMILES string of the molecule is CC1(C(=O)N2CCc3cccc(C(F)(F)F)c3C2)CCN(Cc2cccc(Oc3ccccc3)c2)C1.CC1(C(=O)NCc2ccccn2)CCN(Cc2cccc(Oc3ccccc3)c2)C1.CN(Cc1ccccn1)C(=O)C1(C)CCN(Cc2cccc(Oc3ccccc3)c2)C1. The van der Waals surface area contributed by atoms with Crippen molar-refractivity contribution in [3.63, 3.8) is 0 Å². The number of para-hydroxylation sites is 3. The van der Waals surface area contributed by atoms with Gasteiger partial charge in [0.15, 0.2) is 0 Å². The number of aromatic nitrogens is 2. The van der Waals surface area contributed by atoms with E-state index >= 15 is 0 Å². The molecule has 7 aromatic carbocycles. The molecule has 1 N–H and O–H groups in total. The van der Waals surface area contributed by atoms with E-state index in [2.05, 4.69) is 68.1 Å². The minimum atomic E-state index is -4.43. The van der Waals surface area contributed by atoms with Crippen LogP contribution < -0.4 is 19.5 Å². The first-order valence-electron chi connectivity index (χ1n) is 33.3. The van der Waals surface area contributed by atoms with Crippen LogP contribution in [0.3, 0.4) is 0 Å². The van der Waals surface area contributed by atoms with Crippen LogP contribution in [-0.2, 0) is 66.2 Å². The summed E-state index contributed by atoms with van der Waals surface area (Å²) in [6.45, 7) is 14.4. The van der Waals surface area contributed by atoms with E-state index < -0.39 is 17.2 Å². The predicted octanol–water partition coefficient (Wildman–Crippen LogP) is 15.4. The fourth-order valence-corrected chi connectivity index (χ4v) is 13.4. The lowest BCUT2D eigenvalue weighted by atomic mass is 9.86. The van der Waals surface area contributed by atoms with Crippen molar-refractivity contribution >= 4 is 17.7 Å². The van der Waals surface area contributed by atoms with E-state index in [0.29, 0.717) is 51.1 Å². The molecule has 0 aliphatic carbocycles. The maximum Gasteiger partial charge on any atom is 0.416 e. The summed E-state index contributed by atoms with van der Waals surface area (Å²) >= 11 is 0. The van der Waals surface area contributed by atoms with Gasteiger partial charge in [0, 0.05) is 71.8 Å². The molecule has 4 aliphatic heterocycles. The van der Waals surface area contributed by atoms with Crippen LogP contribution in [0.5, 0.6) is 34.5 Å². The number of rotatable bonds is 19. The predicted molar refractivity (Wildman–Crippen MR) is 370 cm³/mol. The number of nitrogens with zero attached hydrogens (tertiary/aromatic N) is 7. The van der Waals surface area contributed by atoms with Gasteiger partial charge in [-0.1, -0.05) is 115 Å². The van der Waals surface area contributed by atoms with E-state index in [-0.39, 0.29) is 40.7 Å². The smallest absolute Gasteiger partial charge is 0.416 e. The molecule has 0 radical (unpaired) electrons. The lowest BCUT2D eigenvalue weighted by molar-refractivity contribution is -0.144. The van der Waals surface area contributed by atoms with Crippen LogP contribution in [0.15, 0.2) is 231 Å². The molecule has 14 nitrogen and oxygen atoms in total. The fourth-order valence-electron chi connectivity index (χ4n) is 13.4. The average molecular weight is 1310 g/mol. The van der Waals surface area contributed by atoms with Gasteiger partial charge >= 0.3 is 6.18 Å². The Hall–Kier alpha value is -9.68. The zero-order valence-electron chi connectivity index (χ0n) is 55.7. The summed E-state index contributed by atoms with van der Waals surface area (Å²) in [5.41, 5.74) is 4.15. The number of benzene rings is 7. The molecule has 4 aliphatic rings. The van der Waals surface area contributed by atoms with E-state index in [0.717, 1.165) is 116 Å². The molecule has 3 atom stereocenters. The number of pyridine rings is 2. The van der Waals surface area contributed by atoms with E-state index in [1.807, 2.05) is 190 Å². The van der Waals surface area contributed by atoms with Crippen LogP contribution in [-0.4, -0.2) is 105 Å². The van der Waals surface area contributed by atoms with Gasteiger partial charge in [-0.25, -0.2) is 0 Å². The van der Waals surface area contributed by atoms with Crippen LogP contribution in [0.2, 0.25) is 0 Å². The van der Waals surface area contributed by atoms with Crippen molar-refractivity contribution in [2.45, 2.75) is 91.9 Å². The van der Waals surface area contributed by atoms with E-state index in [9.17, 15) is 27.6 Å². The van der Waals surface area contributed by atoms with Crippen molar-refractivity contribution < 1.29 is 41.8 Å². The zero-order chi connectivity index (χ0) is 67.8. The Morgan fingerprint density at radius 3 is 1.39 bits per heavy atom.